The molecule has 1 aliphatic heterocycles. The summed E-state index contributed by atoms with van der Waals surface area (Å²) < 4.78 is 0. The molecule has 0 bridgehead atoms. The Morgan fingerprint density at radius 3 is 2.84 bits per heavy atom. The van der Waals surface area contributed by atoms with Gasteiger partial charge in [-0.1, -0.05) is 6.07 Å². The Morgan fingerprint density at radius 1 is 1.40 bits per heavy atom. The minimum absolute atomic E-state index is 0.0438. The molecule has 0 unspecified atom stereocenters. The molecular formula is C19H30N4O2. The van der Waals surface area contributed by atoms with Crippen LogP contribution < -0.4 is 11.1 Å². The van der Waals surface area contributed by atoms with E-state index < -0.39 is 11.3 Å². The zero-order chi connectivity index (χ0) is 18.3. The van der Waals surface area contributed by atoms with E-state index in [0.717, 1.165) is 50.9 Å². The van der Waals surface area contributed by atoms with Crippen LogP contribution in [0.5, 0.6) is 0 Å². The number of pyridine rings is 1. The van der Waals surface area contributed by atoms with E-state index in [-0.39, 0.29) is 12.5 Å². The fourth-order valence-corrected chi connectivity index (χ4v) is 3.62. The molecule has 3 N–H and O–H groups in total. The summed E-state index contributed by atoms with van der Waals surface area (Å²) in [5.74, 6) is -0.550. The fourth-order valence-electron chi connectivity index (χ4n) is 3.62. The summed E-state index contributed by atoms with van der Waals surface area (Å²) in [7, 11) is 0. The minimum Gasteiger partial charge on any atom is -0.368 e. The van der Waals surface area contributed by atoms with Crippen LogP contribution in [-0.4, -0.2) is 47.4 Å². The molecule has 1 aliphatic rings. The Bertz CT molecular complexity index is 576. The molecule has 0 spiro atoms. The van der Waals surface area contributed by atoms with Crippen molar-refractivity contribution in [3.63, 3.8) is 0 Å². The highest BCUT2D eigenvalue weighted by Crippen LogP contribution is 2.36. The quantitative estimate of drug-likeness (QED) is 0.746. The SMILES string of the molecule is CC(C)N1CCC[C@](CCCc2ccccn2)(C(=O)NCC(N)=O)C1. The van der Waals surface area contributed by atoms with Crippen LogP contribution in [0.4, 0.5) is 0 Å². The number of nitrogens with one attached hydrogen (secondary N) is 1. The van der Waals surface area contributed by atoms with Gasteiger partial charge in [0.25, 0.3) is 0 Å². The number of nitrogens with zero attached hydrogens (tertiary/aromatic N) is 2. The van der Waals surface area contributed by atoms with Gasteiger partial charge >= 0.3 is 0 Å². The molecule has 25 heavy (non-hydrogen) atoms. The molecule has 2 amide bonds. The molecule has 0 aliphatic carbocycles. The highest BCUT2D eigenvalue weighted by atomic mass is 16.2. The number of piperidine rings is 1. The second kappa shape index (κ2) is 8.94. The van der Waals surface area contributed by atoms with Crippen molar-refractivity contribution in [1.82, 2.24) is 15.2 Å². The van der Waals surface area contributed by atoms with Gasteiger partial charge in [0.2, 0.25) is 11.8 Å². The third-order valence-corrected chi connectivity index (χ3v) is 5.06. The summed E-state index contributed by atoms with van der Waals surface area (Å²) in [4.78, 5) is 30.6. The second-order valence-electron chi connectivity index (χ2n) is 7.27. The van der Waals surface area contributed by atoms with Crippen LogP contribution in [0, 0.1) is 5.41 Å². The van der Waals surface area contributed by atoms with Crippen molar-refractivity contribution in [3.05, 3.63) is 30.1 Å². The Morgan fingerprint density at radius 2 is 2.20 bits per heavy atom. The van der Waals surface area contributed by atoms with Crippen molar-refractivity contribution >= 4 is 11.8 Å². The average molecular weight is 346 g/mol. The average Bonchev–Trinajstić information content (AvgIpc) is 2.60. The van der Waals surface area contributed by atoms with Crippen LogP contribution in [-0.2, 0) is 16.0 Å². The smallest absolute Gasteiger partial charge is 0.236 e. The number of aryl methyl sites for hydroxylation is 1. The Kier molecular flexibility index (Phi) is 6.93. The first-order valence-electron chi connectivity index (χ1n) is 9.13. The molecule has 2 heterocycles. The van der Waals surface area contributed by atoms with Crippen LogP contribution in [0.1, 0.15) is 45.2 Å². The van der Waals surface area contributed by atoms with Crippen molar-refractivity contribution in [2.45, 2.75) is 52.0 Å². The topological polar surface area (TPSA) is 88.3 Å². The summed E-state index contributed by atoms with van der Waals surface area (Å²) in [6.07, 6.45) is 6.18. The number of aromatic nitrogens is 1. The van der Waals surface area contributed by atoms with Gasteiger partial charge < -0.3 is 11.1 Å². The number of likely N-dealkylation sites (tertiary alicyclic amines) is 1. The fraction of sp³-hybridized carbons (Fsp3) is 0.632. The molecule has 138 valence electrons. The lowest BCUT2D eigenvalue weighted by atomic mass is 9.74. The van der Waals surface area contributed by atoms with Crippen LogP contribution in [0.3, 0.4) is 0 Å². The maximum Gasteiger partial charge on any atom is 0.236 e. The minimum atomic E-state index is -0.506. The summed E-state index contributed by atoms with van der Waals surface area (Å²) in [5, 5.41) is 2.75. The normalized spacial score (nSPS) is 21.2. The highest BCUT2D eigenvalue weighted by molar-refractivity contribution is 5.87. The predicted octanol–water partition coefficient (Wildman–Crippen LogP) is 1.50. The van der Waals surface area contributed by atoms with E-state index in [4.69, 9.17) is 5.73 Å². The van der Waals surface area contributed by atoms with E-state index >= 15 is 0 Å². The second-order valence-corrected chi connectivity index (χ2v) is 7.27. The summed E-state index contributed by atoms with van der Waals surface area (Å²) in [5.41, 5.74) is 5.79. The van der Waals surface area contributed by atoms with Crippen molar-refractivity contribution < 1.29 is 9.59 Å². The molecule has 6 nitrogen and oxygen atoms in total. The lowest BCUT2D eigenvalue weighted by Crippen LogP contribution is -2.54. The van der Waals surface area contributed by atoms with Gasteiger partial charge in [-0.15, -0.1) is 0 Å². The Labute approximate surface area is 150 Å². The maximum atomic E-state index is 12.9. The summed E-state index contributed by atoms with van der Waals surface area (Å²) >= 11 is 0. The van der Waals surface area contributed by atoms with Gasteiger partial charge in [0.1, 0.15) is 0 Å². The van der Waals surface area contributed by atoms with E-state index in [1.165, 1.54) is 0 Å². The molecule has 1 aromatic rings. The zero-order valence-corrected chi connectivity index (χ0v) is 15.3. The van der Waals surface area contributed by atoms with E-state index in [1.807, 2.05) is 18.2 Å². The van der Waals surface area contributed by atoms with Crippen molar-refractivity contribution in [3.8, 4) is 0 Å². The Hall–Kier alpha value is -1.95. The van der Waals surface area contributed by atoms with Gasteiger partial charge in [-0.05, 0) is 64.6 Å². The first-order chi connectivity index (χ1) is 11.9. The number of primary amides is 1. The third-order valence-electron chi connectivity index (χ3n) is 5.06. The number of hydrogen-bond donors (Lipinski definition) is 2. The van der Waals surface area contributed by atoms with Crippen LogP contribution in [0.25, 0.3) is 0 Å². The van der Waals surface area contributed by atoms with Gasteiger partial charge in [0, 0.05) is 24.5 Å². The van der Waals surface area contributed by atoms with Crippen LogP contribution in [0.15, 0.2) is 24.4 Å². The molecule has 0 saturated carbocycles. The lowest BCUT2D eigenvalue weighted by Gasteiger charge is -2.43. The maximum absolute atomic E-state index is 12.9. The highest BCUT2D eigenvalue weighted by Gasteiger charge is 2.42. The summed E-state index contributed by atoms with van der Waals surface area (Å²) in [6, 6.07) is 6.31. The largest absolute Gasteiger partial charge is 0.368 e. The molecule has 6 heteroatoms. The van der Waals surface area contributed by atoms with Crippen LogP contribution in [0.2, 0.25) is 0 Å². The summed E-state index contributed by atoms with van der Waals surface area (Å²) in [6.45, 7) is 5.97. The van der Waals surface area contributed by atoms with Crippen molar-refractivity contribution in [1.29, 1.82) is 0 Å². The number of amides is 2. The number of carbonyl (C=O) groups is 2. The van der Waals surface area contributed by atoms with Gasteiger partial charge in [-0.3, -0.25) is 19.5 Å². The van der Waals surface area contributed by atoms with Gasteiger partial charge in [-0.25, -0.2) is 0 Å². The number of nitrogens with two attached hydrogens (primary N) is 1. The molecule has 1 saturated heterocycles. The number of rotatable bonds is 8. The molecule has 1 fully saturated rings. The molecule has 0 aromatic carbocycles. The van der Waals surface area contributed by atoms with Crippen LogP contribution >= 0.6 is 0 Å². The monoisotopic (exact) mass is 346 g/mol. The van der Waals surface area contributed by atoms with Gasteiger partial charge in [-0.2, -0.15) is 0 Å². The number of hydrogen-bond acceptors (Lipinski definition) is 4. The molecule has 1 aromatic heterocycles. The van der Waals surface area contributed by atoms with Crippen molar-refractivity contribution in [2.75, 3.05) is 19.6 Å². The van der Waals surface area contributed by atoms with Gasteiger partial charge in [0.05, 0.1) is 12.0 Å². The van der Waals surface area contributed by atoms with Gasteiger partial charge in [0.15, 0.2) is 0 Å². The van der Waals surface area contributed by atoms with Crippen molar-refractivity contribution in [2.24, 2.45) is 11.1 Å². The standard InChI is InChI=1S/C19H30N4O2/c1-15(2)23-12-6-10-19(14-23,18(25)22-13-17(20)24)9-5-8-16-7-3-4-11-21-16/h3-4,7,11,15H,5-6,8-10,12-14H2,1-2H3,(H2,20,24)(H,22,25)/t19-/m0/s1. The molecule has 0 radical (unpaired) electrons. The number of carbonyl (C=O) groups excluding carboxylic acids is 2. The van der Waals surface area contributed by atoms with E-state index in [2.05, 4.69) is 29.0 Å². The van der Waals surface area contributed by atoms with E-state index in [0.29, 0.717) is 6.04 Å². The first kappa shape index (κ1) is 19.4. The zero-order valence-electron chi connectivity index (χ0n) is 15.3. The van der Waals surface area contributed by atoms with E-state index in [1.54, 1.807) is 6.20 Å². The Balaban J connectivity index is 2.05. The lowest BCUT2D eigenvalue weighted by molar-refractivity contribution is -0.137. The third kappa shape index (κ3) is 5.53. The molecule has 2 rings (SSSR count). The first-order valence-corrected chi connectivity index (χ1v) is 9.13. The predicted molar refractivity (Wildman–Crippen MR) is 97.8 cm³/mol. The molecular weight excluding hydrogens is 316 g/mol. The molecule has 1 atom stereocenters. The van der Waals surface area contributed by atoms with E-state index in [9.17, 15) is 9.59 Å².